The third kappa shape index (κ3) is 7.79. The lowest BCUT2D eigenvalue weighted by Crippen LogP contribution is -1.98. The number of hydrogen-bond donors (Lipinski definition) is 1. The van der Waals surface area contributed by atoms with Gasteiger partial charge in [0.15, 0.2) is 0 Å². The van der Waals surface area contributed by atoms with E-state index in [9.17, 15) is 5.11 Å². The van der Waals surface area contributed by atoms with Crippen LogP contribution in [0.3, 0.4) is 0 Å². The third-order valence-electron chi connectivity index (χ3n) is 4.38. The molecule has 24 heavy (non-hydrogen) atoms. The zero-order valence-corrected chi connectivity index (χ0v) is 17.1. The van der Waals surface area contributed by atoms with E-state index in [4.69, 9.17) is 0 Å². The smallest absolute Gasteiger partial charge is 0.119 e. The highest BCUT2D eigenvalue weighted by Gasteiger charge is 2.10. The Kier molecular flexibility index (Phi) is 10.2. The lowest BCUT2D eigenvalue weighted by Gasteiger charge is -2.14. The summed E-state index contributed by atoms with van der Waals surface area (Å²) >= 11 is 1.98. The molecule has 1 atom stereocenters. The molecule has 1 N–H and O–H groups in total. The monoisotopic (exact) mass is 348 g/mol. The molecule has 0 amide bonds. The average Bonchev–Trinajstić information content (AvgIpc) is 2.51. The van der Waals surface area contributed by atoms with Crippen LogP contribution in [0.5, 0.6) is 5.75 Å². The van der Waals surface area contributed by atoms with Crippen LogP contribution >= 0.6 is 11.8 Å². The Morgan fingerprint density at radius 1 is 1.08 bits per heavy atom. The van der Waals surface area contributed by atoms with Gasteiger partial charge in [0, 0.05) is 4.90 Å². The van der Waals surface area contributed by atoms with Gasteiger partial charge in [0.05, 0.1) is 0 Å². The second kappa shape index (κ2) is 11.6. The molecule has 136 valence electrons. The van der Waals surface area contributed by atoms with Gasteiger partial charge in [-0.2, -0.15) is 0 Å². The first-order chi connectivity index (χ1) is 11.5. The van der Waals surface area contributed by atoms with Gasteiger partial charge in [-0.3, -0.25) is 0 Å². The minimum absolute atomic E-state index is 0.486. The summed E-state index contributed by atoms with van der Waals surface area (Å²) in [6.45, 7) is 11.1. The molecule has 0 bridgehead atoms. The van der Waals surface area contributed by atoms with Crippen LogP contribution in [0.4, 0.5) is 0 Å². The van der Waals surface area contributed by atoms with Gasteiger partial charge in [-0.25, -0.2) is 0 Å². The molecule has 1 nitrogen and oxygen atoms in total. The predicted molar refractivity (Wildman–Crippen MR) is 109 cm³/mol. The zero-order chi connectivity index (χ0) is 17.9. The molecule has 0 spiro atoms. The topological polar surface area (TPSA) is 20.2 Å². The number of thioether (sulfide) groups is 1. The summed E-state index contributed by atoms with van der Waals surface area (Å²) in [4.78, 5) is 1.38. The van der Waals surface area contributed by atoms with Gasteiger partial charge in [-0.05, 0) is 80.9 Å². The summed E-state index contributed by atoms with van der Waals surface area (Å²) < 4.78 is 0. The molecule has 0 aliphatic heterocycles. The van der Waals surface area contributed by atoms with E-state index in [-0.39, 0.29) is 0 Å². The van der Waals surface area contributed by atoms with E-state index in [1.807, 2.05) is 17.8 Å². The van der Waals surface area contributed by atoms with Gasteiger partial charge in [0.1, 0.15) is 5.75 Å². The largest absolute Gasteiger partial charge is 0.508 e. The van der Waals surface area contributed by atoms with Gasteiger partial charge >= 0.3 is 0 Å². The van der Waals surface area contributed by atoms with E-state index in [0.717, 1.165) is 37.2 Å². The molecule has 0 radical (unpaired) electrons. The van der Waals surface area contributed by atoms with Crippen LogP contribution < -0.4 is 0 Å². The van der Waals surface area contributed by atoms with E-state index in [0.29, 0.717) is 5.75 Å². The number of allylic oxidation sites excluding steroid dienone is 2. The Morgan fingerprint density at radius 3 is 2.38 bits per heavy atom. The number of hydrogen-bond acceptors (Lipinski definition) is 2. The van der Waals surface area contributed by atoms with E-state index in [1.54, 1.807) is 0 Å². The number of phenols is 1. The van der Waals surface area contributed by atoms with Crippen molar-refractivity contribution in [3.8, 4) is 5.75 Å². The SMILES string of the molecule is CCCc1cc(SCCC(C)CCC=C(C)C)c(CCC)cc1O. The average molecular weight is 349 g/mol. The third-order valence-corrected chi connectivity index (χ3v) is 5.51. The summed E-state index contributed by atoms with van der Waals surface area (Å²) in [5, 5.41) is 10.2. The molecule has 0 fully saturated rings. The standard InChI is InChI=1S/C22H36OS/c1-6-9-19-16-22(20(10-7-2)15-21(19)23)24-14-13-18(5)12-8-11-17(3)4/h11,15-16,18,23H,6-10,12-14H2,1-5H3. The van der Waals surface area contributed by atoms with Gasteiger partial charge in [0.25, 0.3) is 0 Å². The number of rotatable bonds is 11. The minimum atomic E-state index is 0.486. The van der Waals surface area contributed by atoms with Crippen LogP contribution in [-0.2, 0) is 12.8 Å². The fourth-order valence-corrected chi connectivity index (χ4v) is 4.21. The van der Waals surface area contributed by atoms with Crippen molar-refractivity contribution in [1.29, 1.82) is 0 Å². The molecule has 2 heteroatoms. The maximum absolute atomic E-state index is 10.2. The predicted octanol–water partition coefficient (Wildman–Crippen LogP) is 7.16. The number of aryl methyl sites for hydroxylation is 2. The van der Waals surface area contributed by atoms with Crippen molar-refractivity contribution in [3.63, 3.8) is 0 Å². The van der Waals surface area contributed by atoms with Crippen molar-refractivity contribution in [2.45, 2.75) is 84.5 Å². The van der Waals surface area contributed by atoms with Crippen LogP contribution in [-0.4, -0.2) is 10.9 Å². The maximum atomic E-state index is 10.2. The first-order valence-electron chi connectivity index (χ1n) is 9.58. The summed E-state index contributed by atoms with van der Waals surface area (Å²) in [6, 6.07) is 4.25. The fourth-order valence-electron chi connectivity index (χ4n) is 2.89. The molecular formula is C22H36OS. The van der Waals surface area contributed by atoms with Crippen molar-refractivity contribution < 1.29 is 5.11 Å². The molecule has 0 saturated heterocycles. The number of phenolic OH excluding ortho intramolecular Hbond substituents is 1. The van der Waals surface area contributed by atoms with E-state index < -0.39 is 0 Å². The highest BCUT2D eigenvalue weighted by molar-refractivity contribution is 7.99. The fraction of sp³-hybridized carbons (Fsp3) is 0.636. The van der Waals surface area contributed by atoms with Crippen LogP contribution in [0.25, 0.3) is 0 Å². The Bertz CT molecular complexity index is 515. The quantitative estimate of drug-likeness (QED) is 0.338. The van der Waals surface area contributed by atoms with Gasteiger partial charge in [0.2, 0.25) is 0 Å². The van der Waals surface area contributed by atoms with Gasteiger partial charge in [-0.1, -0.05) is 45.3 Å². The van der Waals surface area contributed by atoms with E-state index >= 15 is 0 Å². The second-order valence-corrected chi connectivity index (χ2v) is 8.33. The molecule has 0 aliphatic carbocycles. The van der Waals surface area contributed by atoms with Crippen molar-refractivity contribution in [3.05, 3.63) is 34.9 Å². The first-order valence-corrected chi connectivity index (χ1v) is 10.6. The second-order valence-electron chi connectivity index (χ2n) is 7.19. The normalized spacial score (nSPS) is 12.2. The highest BCUT2D eigenvalue weighted by atomic mass is 32.2. The lowest BCUT2D eigenvalue weighted by molar-refractivity contribution is 0.466. The number of aromatic hydroxyl groups is 1. The Labute approximate surface area is 153 Å². The van der Waals surface area contributed by atoms with Crippen molar-refractivity contribution in [2.24, 2.45) is 5.92 Å². The maximum Gasteiger partial charge on any atom is 0.119 e. The van der Waals surface area contributed by atoms with Crippen LogP contribution in [0.15, 0.2) is 28.7 Å². The Hall–Kier alpha value is -0.890. The van der Waals surface area contributed by atoms with Crippen LogP contribution in [0, 0.1) is 5.92 Å². The lowest BCUT2D eigenvalue weighted by atomic mass is 10.0. The van der Waals surface area contributed by atoms with E-state index in [2.05, 4.69) is 46.8 Å². The Balaban J connectivity index is 2.61. The molecule has 1 rings (SSSR count). The summed E-state index contributed by atoms with van der Waals surface area (Å²) in [5.74, 6) is 2.43. The van der Waals surface area contributed by atoms with Gasteiger partial charge < -0.3 is 5.11 Å². The summed E-state index contributed by atoms with van der Waals surface area (Å²) in [6.07, 6.45) is 10.3. The van der Waals surface area contributed by atoms with Crippen molar-refractivity contribution in [2.75, 3.05) is 5.75 Å². The number of benzene rings is 1. The molecule has 0 heterocycles. The first kappa shape index (κ1) is 21.2. The van der Waals surface area contributed by atoms with Gasteiger partial charge in [-0.15, -0.1) is 11.8 Å². The molecule has 1 aromatic carbocycles. The Morgan fingerprint density at radius 2 is 1.75 bits per heavy atom. The summed E-state index contributed by atoms with van der Waals surface area (Å²) in [7, 11) is 0. The molecular weight excluding hydrogens is 312 g/mol. The summed E-state index contributed by atoms with van der Waals surface area (Å²) in [5.41, 5.74) is 3.85. The van der Waals surface area contributed by atoms with Crippen LogP contribution in [0.2, 0.25) is 0 Å². The molecule has 1 aromatic rings. The molecule has 0 saturated carbocycles. The zero-order valence-electron chi connectivity index (χ0n) is 16.3. The van der Waals surface area contributed by atoms with Crippen LogP contribution in [0.1, 0.15) is 77.8 Å². The molecule has 1 unspecified atom stereocenters. The molecule has 0 aliphatic rings. The molecule has 0 aromatic heterocycles. The van der Waals surface area contributed by atoms with E-state index in [1.165, 1.54) is 41.0 Å². The van der Waals surface area contributed by atoms with Crippen molar-refractivity contribution in [1.82, 2.24) is 0 Å². The highest BCUT2D eigenvalue weighted by Crippen LogP contribution is 2.32. The van der Waals surface area contributed by atoms with Crippen molar-refractivity contribution >= 4 is 11.8 Å². The minimum Gasteiger partial charge on any atom is -0.508 e.